The highest BCUT2D eigenvalue weighted by Crippen LogP contribution is 2.36. The van der Waals surface area contributed by atoms with Gasteiger partial charge < -0.3 is 15.4 Å². The molecule has 1 saturated heterocycles. The van der Waals surface area contributed by atoms with Crippen molar-refractivity contribution in [3.05, 3.63) is 24.2 Å². The summed E-state index contributed by atoms with van der Waals surface area (Å²) >= 11 is 0. The standard InChI is InChI=1S/C15H20N6O/c1-9-12-6-10(13-2-4-17-20-13)7-21(11-3-5-22-8-11)14(12)19-15(16)18-9/h2,4,7,11-12,14H,3,5-6,8H2,1H3,(H2,16,19)(H,17,20)/t11-,12?,14?/m1/s1. The molecule has 3 atom stereocenters. The molecule has 3 aliphatic heterocycles. The van der Waals surface area contributed by atoms with E-state index >= 15 is 0 Å². The molecule has 7 heteroatoms. The van der Waals surface area contributed by atoms with Gasteiger partial charge in [-0.3, -0.25) is 5.10 Å². The van der Waals surface area contributed by atoms with Gasteiger partial charge in [0.05, 0.1) is 18.3 Å². The highest BCUT2D eigenvalue weighted by atomic mass is 16.5. The van der Waals surface area contributed by atoms with Crippen LogP contribution in [0.1, 0.15) is 25.5 Å². The smallest absolute Gasteiger partial charge is 0.217 e. The molecule has 1 aromatic heterocycles. The molecule has 0 bridgehead atoms. The zero-order valence-electron chi connectivity index (χ0n) is 12.6. The Kier molecular flexibility index (Phi) is 3.22. The first kappa shape index (κ1) is 13.5. The van der Waals surface area contributed by atoms with Gasteiger partial charge in [0.2, 0.25) is 5.96 Å². The van der Waals surface area contributed by atoms with Crippen molar-refractivity contribution < 1.29 is 4.74 Å². The van der Waals surface area contributed by atoms with E-state index < -0.39 is 0 Å². The summed E-state index contributed by atoms with van der Waals surface area (Å²) in [5, 5.41) is 7.13. The monoisotopic (exact) mass is 300 g/mol. The molecule has 0 aromatic carbocycles. The van der Waals surface area contributed by atoms with Crippen LogP contribution in [-0.2, 0) is 4.74 Å². The summed E-state index contributed by atoms with van der Waals surface area (Å²) in [6.45, 7) is 3.58. The average molecular weight is 300 g/mol. The van der Waals surface area contributed by atoms with Crippen LogP contribution in [0.5, 0.6) is 0 Å². The summed E-state index contributed by atoms with van der Waals surface area (Å²) in [5.74, 6) is 0.622. The van der Waals surface area contributed by atoms with Crippen LogP contribution in [0.25, 0.3) is 5.57 Å². The zero-order valence-corrected chi connectivity index (χ0v) is 12.6. The van der Waals surface area contributed by atoms with Gasteiger partial charge in [0.25, 0.3) is 0 Å². The number of aromatic amines is 1. The van der Waals surface area contributed by atoms with Crippen LogP contribution in [0.3, 0.4) is 0 Å². The van der Waals surface area contributed by atoms with Crippen molar-refractivity contribution in [2.24, 2.45) is 21.6 Å². The molecule has 7 nitrogen and oxygen atoms in total. The van der Waals surface area contributed by atoms with Crippen molar-refractivity contribution in [2.75, 3.05) is 13.2 Å². The van der Waals surface area contributed by atoms with E-state index in [1.165, 1.54) is 5.57 Å². The largest absolute Gasteiger partial charge is 0.379 e. The molecule has 4 rings (SSSR count). The predicted octanol–water partition coefficient (Wildman–Crippen LogP) is 0.977. The number of fused-ring (bicyclic) bond motifs is 1. The van der Waals surface area contributed by atoms with Crippen LogP contribution < -0.4 is 5.73 Å². The van der Waals surface area contributed by atoms with Gasteiger partial charge in [-0.05, 0) is 31.4 Å². The van der Waals surface area contributed by atoms with Crippen LogP contribution in [0, 0.1) is 5.92 Å². The molecule has 22 heavy (non-hydrogen) atoms. The lowest BCUT2D eigenvalue weighted by atomic mass is 9.86. The number of aromatic nitrogens is 2. The lowest BCUT2D eigenvalue weighted by Crippen LogP contribution is -2.50. The van der Waals surface area contributed by atoms with Gasteiger partial charge in [-0.15, -0.1) is 0 Å². The third-order valence-corrected chi connectivity index (χ3v) is 4.68. The van der Waals surface area contributed by atoms with E-state index in [9.17, 15) is 0 Å². The number of nitrogens with two attached hydrogens (primary N) is 1. The minimum Gasteiger partial charge on any atom is -0.379 e. The molecule has 0 radical (unpaired) electrons. The van der Waals surface area contributed by atoms with E-state index in [1.807, 2.05) is 13.0 Å². The fraction of sp³-hybridized carbons (Fsp3) is 0.533. The van der Waals surface area contributed by atoms with Crippen LogP contribution in [-0.4, -0.2) is 52.2 Å². The summed E-state index contributed by atoms with van der Waals surface area (Å²) in [6.07, 6.45) is 5.91. The fourth-order valence-corrected chi connectivity index (χ4v) is 3.50. The topological polar surface area (TPSA) is 91.9 Å². The Morgan fingerprint density at radius 2 is 2.36 bits per heavy atom. The molecule has 2 unspecified atom stereocenters. The van der Waals surface area contributed by atoms with Gasteiger partial charge in [-0.1, -0.05) is 0 Å². The highest BCUT2D eigenvalue weighted by molar-refractivity contribution is 5.99. The first-order valence-corrected chi connectivity index (χ1v) is 7.66. The summed E-state index contributed by atoms with van der Waals surface area (Å²) in [6, 6.07) is 2.34. The van der Waals surface area contributed by atoms with Crippen LogP contribution in [0.2, 0.25) is 0 Å². The Bertz CT molecular complexity index is 641. The van der Waals surface area contributed by atoms with E-state index in [4.69, 9.17) is 10.5 Å². The van der Waals surface area contributed by atoms with Gasteiger partial charge in [-0.25, -0.2) is 9.98 Å². The van der Waals surface area contributed by atoms with E-state index in [1.54, 1.807) is 6.20 Å². The minimum atomic E-state index is 0.0240. The summed E-state index contributed by atoms with van der Waals surface area (Å²) in [5.41, 5.74) is 9.22. The lowest BCUT2D eigenvalue weighted by molar-refractivity contribution is 0.132. The number of allylic oxidation sites excluding steroid dienone is 1. The Balaban J connectivity index is 1.74. The molecule has 116 valence electrons. The fourth-order valence-electron chi connectivity index (χ4n) is 3.50. The number of H-pyrrole nitrogens is 1. The second kappa shape index (κ2) is 5.24. The predicted molar refractivity (Wildman–Crippen MR) is 84.3 cm³/mol. The van der Waals surface area contributed by atoms with E-state index in [-0.39, 0.29) is 12.1 Å². The number of nitrogens with one attached hydrogen (secondary N) is 1. The van der Waals surface area contributed by atoms with Crippen molar-refractivity contribution in [3.8, 4) is 0 Å². The van der Waals surface area contributed by atoms with Crippen molar-refractivity contribution in [1.82, 2.24) is 15.1 Å². The SMILES string of the molecule is CC1=NC(N)=NC2C1CC(c1ccn[nH]1)=CN2[C@@H]1CCOC1. The minimum absolute atomic E-state index is 0.0240. The van der Waals surface area contributed by atoms with E-state index in [2.05, 4.69) is 31.3 Å². The molecule has 0 spiro atoms. The number of nitrogens with zero attached hydrogens (tertiary/aromatic N) is 4. The summed E-state index contributed by atoms with van der Waals surface area (Å²) in [4.78, 5) is 11.3. The molecule has 1 fully saturated rings. The van der Waals surface area contributed by atoms with Crippen molar-refractivity contribution >= 4 is 17.2 Å². The van der Waals surface area contributed by atoms with Crippen LogP contribution in [0.15, 0.2) is 28.4 Å². The number of hydrogen-bond donors (Lipinski definition) is 2. The van der Waals surface area contributed by atoms with Gasteiger partial charge in [0.1, 0.15) is 6.17 Å². The van der Waals surface area contributed by atoms with Gasteiger partial charge in [0.15, 0.2) is 0 Å². The molecule has 1 aromatic rings. The molecule has 4 heterocycles. The van der Waals surface area contributed by atoms with Gasteiger partial charge in [0, 0.05) is 30.6 Å². The second-order valence-electron chi connectivity index (χ2n) is 6.05. The van der Waals surface area contributed by atoms with E-state index in [0.29, 0.717) is 12.0 Å². The van der Waals surface area contributed by atoms with Crippen LogP contribution >= 0.6 is 0 Å². The van der Waals surface area contributed by atoms with Crippen LogP contribution in [0.4, 0.5) is 0 Å². The first-order valence-electron chi connectivity index (χ1n) is 7.66. The van der Waals surface area contributed by atoms with Gasteiger partial charge >= 0.3 is 0 Å². The number of aliphatic imine (C=N–C) groups is 2. The molecule has 3 aliphatic rings. The number of hydrogen-bond acceptors (Lipinski definition) is 6. The van der Waals surface area contributed by atoms with Crippen molar-refractivity contribution in [1.29, 1.82) is 0 Å². The Labute approximate surface area is 129 Å². The third-order valence-electron chi connectivity index (χ3n) is 4.68. The van der Waals surface area contributed by atoms with Crippen molar-refractivity contribution in [3.63, 3.8) is 0 Å². The van der Waals surface area contributed by atoms with Crippen molar-refractivity contribution in [2.45, 2.75) is 32.0 Å². The van der Waals surface area contributed by atoms with Gasteiger partial charge in [-0.2, -0.15) is 5.10 Å². The summed E-state index contributed by atoms with van der Waals surface area (Å²) in [7, 11) is 0. The average Bonchev–Trinajstić information content (AvgIpc) is 3.20. The first-order chi connectivity index (χ1) is 10.7. The maximum absolute atomic E-state index is 5.89. The molecule has 0 saturated carbocycles. The third kappa shape index (κ3) is 2.21. The highest BCUT2D eigenvalue weighted by Gasteiger charge is 2.39. The molecule has 0 amide bonds. The molecular weight excluding hydrogens is 280 g/mol. The number of rotatable bonds is 2. The molecule has 0 aliphatic carbocycles. The second-order valence-corrected chi connectivity index (χ2v) is 6.05. The summed E-state index contributed by atoms with van der Waals surface area (Å²) < 4.78 is 5.57. The maximum atomic E-state index is 5.89. The Morgan fingerprint density at radius 3 is 3.09 bits per heavy atom. The molecule has 3 N–H and O–H groups in total. The molecular formula is C15H20N6O. The normalized spacial score (nSPS) is 31.4. The van der Waals surface area contributed by atoms with E-state index in [0.717, 1.165) is 37.5 Å². The quantitative estimate of drug-likeness (QED) is 0.851. The Hall–Kier alpha value is -2.15. The maximum Gasteiger partial charge on any atom is 0.217 e. The Morgan fingerprint density at radius 1 is 1.45 bits per heavy atom. The lowest BCUT2D eigenvalue weighted by Gasteiger charge is -2.42. The number of ether oxygens (including phenoxy) is 1. The number of guanidine groups is 1. The zero-order chi connectivity index (χ0) is 15.1.